The summed E-state index contributed by atoms with van der Waals surface area (Å²) >= 11 is 0. The maximum Gasteiger partial charge on any atom is 0.410 e. The van der Waals surface area contributed by atoms with Crippen molar-refractivity contribution < 1.29 is 29.0 Å². The van der Waals surface area contributed by atoms with Crippen molar-refractivity contribution in [2.45, 2.75) is 32.4 Å². The summed E-state index contributed by atoms with van der Waals surface area (Å²) in [6.07, 6.45) is -0.524. The zero-order valence-electron chi connectivity index (χ0n) is 13.0. The number of rotatable bonds is 1. The van der Waals surface area contributed by atoms with Crippen LogP contribution in [0.1, 0.15) is 20.8 Å². The van der Waals surface area contributed by atoms with Crippen LogP contribution in [0.15, 0.2) is 11.3 Å². The molecule has 2 heterocycles. The summed E-state index contributed by atoms with van der Waals surface area (Å²) in [6, 6.07) is -0.451. The molecule has 0 bridgehead atoms. The molecule has 2 amide bonds. The van der Waals surface area contributed by atoms with Crippen molar-refractivity contribution in [3.05, 3.63) is 11.3 Å². The molecule has 0 aliphatic carbocycles. The molecule has 2 aliphatic heterocycles. The monoisotopic (exact) mass is 312 g/mol. The maximum absolute atomic E-state index is 12.1. The Morgan fingerprint density at radius 2 is 1.95 bits per heavy atom. The van der Waals surface area contributed by atoms with Crippen LogP contribution in [0.25, 0.3) is 0 Å². The van der Waals surface area contributed by atoms with Gasteiger partial charge in [-0.05, 0) is 20.8 Å². The van der Waals surface area contributed by atoms with Gasteiger partial charge in [0.25, 0.3) is 5.91 Å². The number of likely N-dealkylation sites (tertiary alicyclic amines) is 1. The van der Waals surface area contributed by atoms with E-state index in [1.165, 1.54) is 4.90 Å². The number of carbonyl (C=O) groups excluding carboxylic acids is 3. The maximum atomic E-state index is 12.1. The summed E-state index contributed by atoms with van der Waals surface area (Å²) in [5, 5.41) is 12.8. The van der Waals surface area contributed by atoms with Crippen LogP contribution in [-0.2, 0) is 19.1 Å². The minimum Gasteiger partial charge on any atom is -0.511 e. The lowest BCUT2D eigenvalue weighted by Gasteiger charge is -2.25. The fourth-order valence-electron chi connectivity index (χ4n) is 2.54. The average Bonchev–Trinajstić information content (AvgIpc) is 2.80. The number of aliphatic hydroxyl groups excluding tert-OH is 1. The van der Waals surface area contributed by atoms with Gasteiger partial charge in [-0.15, -0.1) is 0 Å². The van der Waals surface area contributed by atoms with Gasteiger partial charge in [0.15, 0.2) is 5.57 Å². The highest BCUT2D eigenvalue weighted by Gasteiger charge is 2.46. The smallest absolute Gasteiger partial charge is 0.410 e. The molecule has 8 heteroatoms. The fraction of sp³-hybridized carbons (Fsp3) is 0.643. The molecule has 22 heavy (non-hydrogen) atoms. The number of hydrogen-bond donors (Lipinski definition) is 2. The Balaban J connectivity index is 2.18. The fourth-order valence-corrected chi connectivity index (χ4v) is 2.54. The summed E-state index contributed by atoms with van der Waals surface area (Å²) in [5.41, 5.74) is -1.04. The van der Waals surface area contributed by atoms with Crippen molar-refractivity contribution in [1.82, 2.24) is 10.2 Å². The number of amides is 2. The van der Waals surface area contributed by atoms with Crippen molar-refractivity contribution in [3.8, 4) is 0 Å². The van der Waals surface area contributed by atoms with E-state index < -0.39 is 41.1 Å². The number of carbonyl (C=O) groups is 3. The van der Waals surface area contributed by atoms with Crippen molar-refractivity contribution in [2.24, 2.45) is 5.92 Å². The number of aliphatic hydroxyl groups is 1. The van der Waals surface area contributed by atoms with Crippen LogP contribution in [0.2, 0.25) is 0 Å². The number of hydrogen-bond acceptors (Lipinski definition) is 6. The third-order valence-electron chi connectivity index (χ3n) is 3.51. The van der Waals surface area contributed by atoms with Crippen LogP contribution < -0.4 is 5.32 Å². The summed E-state index contributed by atoms with van der Waals surface area (Å²) in [5.74, 6) is -2.48. The van der Waals surface area contributed by atoms with Gasteiger partial charge in [-0.2, -0.15) is 0 Å². The molecule has 1 saturated heterocycles. The molecule has 0 saturated carbocycles. The molecule has 2 unspecified atom stereocenters. The van der Waals surface area contributed by atoms with E-state index in [0.717, 1.165) is 7.11 Å². The second-order valence-electron chi connectivity index (χ2n) is 6.32. The Hall–Kier alpha value is -2.25. The first-order chi connectivity index (χ1) is 10.1. The van der Waals surface area contributed by atoms with Gasteiger partial charge in [-0.25, -0.2) is 9.59 Å². The molecule has 122 valence electrons. The molecule has 0 aromatic heterocycles. The number of fused-ring (bicyclic) bond motifs is 1. The van der Waals surface area contributed by atoms with E-state index in [0.29, 0.717) is 0 Å². The van der Waals surface area contributed by atoms with Crippen LogP contribution in [-0.4, -0.2) is 59.8 Å². The van der Waals surface area contributed by atoms with Gasteiger partial charge >= 0.3 is 12.1 Å². The number of nitrogens with zero attached hydrogens (tertiary/aromatic N) is 1. The predicted octanol–water partition coefficient (Wildman–Crippen LogP) is 0.337. The first-order valence-electron chi connectivity index (χ1n) is 6.94. The highest BCUT2D eigenvalue weighted by Crippen LogP contribution is 2.30. The van der Waals surface area contributed by atoms with E-state index in [2.05, 4.69) is 10.1 Å². The minimum atomic E-state index is -0.899. The van der Waals surface area contributed by atoms with Crippen molar-refractivity contribution in [1.29, 1.82) is 0 Å². The molecule has 1 fully saturated rings. The molecular formula is C14H20N2O6. The Bertz CT molecular complexity index is 548. The van der Waals surface area contributed by atoms with E-state index in [4.69, 9.17) is 4.74 Å². The Morgan fingerprint density at radius 1 is 1.32 bits per heavy atom. The molecule has 2 rings (SSSR count). The number of nitrogens with one attached hydrogen (secondary N) is 1. The Morgan fingerprint density at radius 3 is 2.50 bits per heavy atom. The molecule has 0 radical (unpaired) electrons. The molecule has 0 aromatic carbocycles. The summed E-state index contributed by atoms with van der Waals surface area (Å²) < 4.78 is 9.77. The van der Waals surface area contributed by atoms with Gasteiger partial charge in [-0.3, -0.25) is 4.79 Å². The standard InChI is InChI=1S/C14H20N2O6/c1-14(2,3)22-13(20)16-5-7-8(6-16)15-11(18)9(10(7)17)12(19)21-4/h7-8,17H,5-6H2,1-4H3,(H,15,18). The zero-order valence-corrected chi connectivity index (χ0v) is 13.0. The molecule has 0 spiro atoms. The first-order valence-corrected chi connectivity index (χ1v) is 6.94. The quantitative estimate of drug-likeness (QED) is 0.534. The van der Waals surface area contributed by atoms with Gasteiger partial charge in [-0.1, -0.05) is 0 Å². The van der Waals surface area contributed by atoms with Gasteiger partial charge < -0.3 is 24.8 Å². The van der Waals surface area contributed by atoms with E-state index in [-0.39, 0.29) is 18.8 Å². The summed E-state index contributed by atoms with van der Waals surface area (Å²) in [7, 11) is 1.13. The largest absolute Gasteiger partial charge is 0.511 e. The first kappa shape index (κ1) is 16.1. The van der Waals surface area contributed by atoms with Gasteiger partial charge in [0.05, 0.1) is 19.1 Å². The average molecular weight is 312 g/mol. The number of ether oxygens (including phenoxy) is 2. The lowest BCUT2D eigenvalue weighted by molar-refractivity contribution is -0.139. The SMILES string of the molecule is COC(=O)C1=C(O)C2CN(C(=O)OC(C)(C)C)CC2NC1=O. The molecule has 0 aromatic rings. The van der Waals surface area contributed by atoms with E-state index in [1.54, 1.807) is 20.8 Å². The molecule has 8 nitrogen and oxygen atoms in total. The van der Waals surface area contributed by atoms with Crippen molar-refractivity contribution >= 4 is 18.0 Å². The Kier molecular flexibility index (Phi) is 4.04. The molecular weight excluding hydrogens is 292 g/mol. The van der Waals surface area contributed by atoms with Crippen LogP contribution in [0.5, 0.6) is 0 Å². The number of methoxy groups -OCH3 is 1. The molecule has 2 aliphatic rings. The van der Waals surface area contributed by atoms with Gasteiger partial charge in [0.1, 0.15) is 11.4 Å². The third-order valence-corrected chi connectivity index (χ3v) is 3.51. The highest BCUT2D eigenvalue weighted by molar-refractivity contribution is 6.17. The summed E-state index contributed by atoms with van der Waals surface area (Å²) in [6.45, 7) is 5.63. The second-order valence-corrected chi connectivity index (χ2v) is 6.32. The normalized spacial score (nSPS) is 24.7. The van der Waals surface area contributed by atoms with Crippen LogP contribution in [0.3, 0.4) is 0 Å². The predicted molar refractivity (Wildman–Crippen MR) is 74.9 cm³/mol. The lowest BCUT2D eigenvalue weighted by Crippen LogP contribution is -2.48. The third kappa shape index (κ3) is 3.00. The molecule has 2 N–H and O–H groups in total. The lowest BCUT2D eigenvalue weighted by atomic mass is 9.93. The van der Waals surface area contributed by atoms with Crippen LogP contribution >= 0.6 is 0 Å². The second kappa shape index (κ2) is 5.51. The zero-order chi connectivity index (χ0) is 16.7. The summed E-state index contributed by atoms with van der Waals surface area (Å²) in [4.78, 5) is 36.9. The van der Waals surface area contributed by atoms with E-state index in [1.807, 2.05) is 0 Å². The van der Waals surface area contributed by atoms with Crippen molar-refractivity contribution in [2.75, 3.05) is 20.2 Å². The van der Waals surface area contributed by atoms with E-state index in [9.17, 15) is 19.5 Å². The van der Waals surface area contributed by atoms with Gasteiger partial charge in [0.2, 0.25) is 0 Å². The topological polar surface area (TPSA) is 105 Å². The number of esters is 1. The molecule has 2 atom stereocenters. The van der Waals surface area contributed by atoms with E-state index >= 15 is 0 Å². The van der Waals surface area contributed by atoms with Crippen LogP contribution in [0, 0.1) is 5.92 Å². The highest BCUT2D eigenvalue weighted by atomic mass is 16.6. The van der Waals surface area contributed by atoms with Crippen LogP contribution in [0.4, 0.5) is 4.79 Å². The van der Waals surface area contributed by atoms with Gasteiger partial charge in [0, 0.05) is 13.1 Å². The minimum absolute atomic E-state index is 0.159. The van der Waals surface area contributed by atoms with Crippen molar-refractivity contribution in [3.63, 3.8) is 0 Å². The Labute approximate surface area is 128 Å².